The van der Waals surface area contributed by atoms with Crippen LogP contribution in [0.3, 0.4) is 0 Å². The number of methoxy groups -OCH3 is 1. The number of carbonyl (C=O) groups is 2. The monoisotopic (exact) mass is 425 g/mol. The number of carbonyl (C=O) groups excluding carboxylic acids is 2. The Kier molecular flexibility index (Phi) is 7.15. The number of rotatable bonds is 7. The van der Waals surface area contributed by atoms with Gasteiger partial charge < -0.3 is 10.1 Å². The highest BCUT2D eigenvalue weighted by Crippen LogP contribution is 2.33. The molecule has 1 heterocycles. The molecule has 30 heavy (non-hydrogen) atoms. The number of amidine groups is 1. The summed E-state index contributed by atoms with van der Waals surface area (Å²) in [4.78, 5) is 32.1. The van der Waals surface area contributed by atoms with Crippen molar-refractivity contribution in [3.63, 3.8) is 0 Å². The Morgan fingerprint density at radius 2 is 2.00 bits per heavy atom. The van der Waals surface area contributed by atoms with E-state index in [0.717, 1.165) is 11.3 Å². The highest BCUT2D eigenvalue weighted by atomic mass is 32.2. The number of ether oxygens (including phenoxy) is 1. The van der Waals surface area contributed by atoms with Crippen LogP contribution in [0.1, 0.15) is 25.8 Å². The molecule has 6 nitrogen and oxygen atoms in total. The first-order valence-electron chi connectivity index (χ1n) is 9.93. The highest BCUT2D eigenvalue weighted by Gasteiger charge is 2.39. The summed E-state index contributed by atoms with van der Waals surface area (Å²) in [5.74, 6) is 0.569. The summed E-state index contributed by atoms with van der Waals surface area (Å²) in [5.41, 5.74) is 2.50. The number of aryl methyl sites for hydroxylation is 1. The molecule has 2 aromatic rings. The zero-order chi connectivity index (χ0) is 21.7. The molecule has 1 aliphatic rings. The molecule has 1 saturated heterocycles. The Morgan fingerprint density at radius 1 is 1.23 bits per heavy atom. The normalized spacial score (nSPS) is 17.6. The molecular weight excluding hydrogens is 398 g/mol. The van der Waals surface area contributed by atoms with Crippen LogP contribution in [0, 0.1) is 12.8 Å². The Morgan fingerprint density at radius 3 is 2.70 bits per heavy atom. The molecule has 1 aliphatic heterocycles. The number of hydrogen-bond acceptors (Lipinski definition) is 5. The van der Waals surface area contributed by atoms with E-state index in [-0.39, 0.29) is 18.2 Å². The van der Waals surface area contributed by atoms with Crippen LogP contribution in [0.25, 0.3) is 0 Å². The van der Waals surface area contributed by atoms with Gasteiger partial charge in [-0.1, -0.05) is 49.9 Å². The van der Waals surface area contributed by atoms with Crippen LogP contribution in [0.4, 0.5) is 11.4 Å². The van der Waals surface area contributed by atoms with E-state index in [0.29, 0.717) is 29.1 Å². The molecule has 3 rings (SSSR count). The second kappa shape index (κ2) is 9.80. The van der Waals surface area contributed by atoms with E-state index in [4.69, 9.17) is 9.73 Å². The second-order valence-electron chi connectivity index (χ2n) is 7.64. The van der Waals surface area contributed by atoms with Gasteiger partial charge in [-0.25, -0.2) is 4.99 Å². The van der Waals surface area contributed by atoms with Crippen molar-refractivity contribution in [1.82, 2.24) is 4.90 Å². The number of hydrogen-bond donors (Lipinski definition) is 1. The number of nitrogens with one attached hydrogen (secondary N) is 1. The zero-order valence-corrected chi connectivity index (χ0v) is 18.5. The molecule has 0 aromatic heterocycles. The van der Waals surface area contributed by atoms with Crippen LogP contribution in [-0.4, -0.2) is 40.8 Å². The summed E-state index contributed by atoms with van der Waals surface area (Å²) in [6, 6.07) is 15.1. The SMILES string of the molecule is COc1ccccc1NC(=O)C[C@H]1SC(=Nc2cccc(C)c2)N(CC(C)C)C1=O. The van der Waals surface area contributed by atoms with E-state index in [2.05, 4.69) is 19.2 Å². The molecule has 1 atom stereocenters. The number of benzene rings is 2. The van der Waals surface area contributed by atoms with Gasteiger partial charge in [0.1, 0.15) is 11.0 Å². The third-order valence-corrected chi connectivity index (χ3v) is 5.72. The molecule has 7 heteroatoms. The van der Waals surface area contributed by atoms with Crippen molar-refractivity contribution in [3.8, 4) is 5.75 Å². The predicted molar refractivity (Wildman–Crippen MR) is 122 cm³/mol. The first-order chi connectivity index (χ1) is 14.4. The van der Waals surface area contributed by atoms with Crippen molar-refractivity contribution in [2.45, 2.75) is 32.4 Å². The molecule has 2 amide bonds. The van der Waals surface area contributed by atoms with E-state index in [9.17, 15) is 9.59 Å². The minimum absolute atomic E-state index is 0.0724. The standard InChI is InChI=1S/C23H27N3O3S/c1-15(2)14-26-22(28)20(30-23(26)24-17-9-7-8-16(3)12-17)13-21(27)25-18-10-5-6-11-19(18)29-4/h5-12,15,20H,13-14H2,1-4H3,(H,25,27)/t20-/m1/s1. The van der Waals surface area contributed by atoms with E-state index in [1.54, 1.807) is 24.1 Å². The Labute approximate surface area is 181 Å². The lowest BCUT2D eigenvalue weighted by Crippen LogP contribution is -2.36. The van der Waals surface area contributed by atoms with Gasteiger partial charge in [-0.05, 0) is 42.7 Å². The topological polar surface area (TPSA) is 71.0 Å². The number of nitrogens with zero attached hydrogens (tertiary/aromatic N) is 2. The fourth-order valence-corrected chi connectivity index (χ4v) is 4.35. The molecule has 1 N–H and O–H groups in total. The minimum atomic E-state index is -0.498. The number of anilines is 1. The van der Waals surface area contributed by atoms with Gasteiger partial charge in [-0.2, -0.15) is 0 Å². The van der Waals surface area contributed by atoms with Crippen molar-refractivity contribution in [3.05, 3.63) is 54.1 Å². The van der Waals surface area contributed by atoms with Gasteiger partial charge in [0.15, 0.2) is 5.17 Å². The van der Waals surface area contributed by atoms with Crippen molar-refractivity contribution < 1.29 is 14.3 Å². The molecular formula is C23H27N3O3S. The summed E-state index contributed by atoms with van der Waals surface area (Å²) in [7, 11) is 1.55. The summed E-state index contributed by atoms with van der Waals surface area (Å²) in [6.07, 6.45) is 0.0724. The summed E-state index contributed by atoms with van der Waals surface area (Å²) in [5, 5.41) is 3.00. The first-order valence-corrected chi connectivity index (χ1v) is 10.8. The van der Waals surface area contributed by atoms with E-state index in [1.165, 1.54) is 11.8 Å². The number of amides is 2. The lowest BCUT2D eigenvalue weighted by molar-refractivity contribution is -0.128. The van der Waals surface area contributed by atoms with Crippen LogP contribution in [0.15, 0.2) is 53.5 Å². The summed E-state index contributed by atoms with van der Waals surface area (Å²) in [6.45, 7) is 6.70. The van der Waals surface area contributed by atoms with Crippen molar-refractivity contribution >= 4 is 40.1 Å². The van der Waals surface area contributed by atoms with Crippen LogP contribution >= 0.6 is 11.8 Å². The van der Waals surface area contributed by atoms with Crippen molar-refractivity contribution in [1.29, 1.82) is 0 Å². The number of thioether (sulfide) groups is 1. The van der Waals surface area contributed by atoms with Gasteiger partial charge in [0.25, 0.3) is 0 Å². The highest BCUT2D eigenvalue weighted by molar-refractivity contribution is 8.15. The van der Waals surface area contributed by atoms with Crippen LogP contribution in [-0.2, 0) is 9.59 Å². The second-order valence-corrected chi connectivity index (χ2v) is 8.81. The lowest BCUT2D eigenvalue weighted by atomic mass is 10.2. The van der Waals surface area contributed by atoms with Crippen LogP contribution < -0.4 is 10.1 Å². The molecule has 0 aliphatic carbocycles. The number of para-hydroxylation sites is 2. The molecule has 0 unspecified atom stereocenters. The Bertz CT molecular complexity index is 958. The Hall–Kier alpha value is -2.80. The molecule has 2 aromatic carbocycles. The van der Waals surface area contributed by atoms with Gasteiger partial charge in [-0.15, -0.1) is 0 Å². The first kappa shape index (κ1) is 21.9. The van der Waals surface area contributed by atoms with E-state index >= 15 is 0 Å². The van der Waals surface area contributed by atoms with Gasteiger partial charge in [0.05, 0.1) is 18.5 Å². The largest absolute Gasteiger partial charge is 0.495 e. The molecule has 0 spiro atoms. The minimum Gasteiger partial charge on any atom is -0.495 e. The Balaban J connectivity index is 1.76. The third kappa shape index (κ3) is 5.42. The van der Waals surface area contributed by atoms with Crippen LogP contribution in [0.2, 0.25) is 0 Å². The fourth-order valence-electron chi connectivity index (χ4n) is 3.18. The van der Waals surface area contributed by atoms with Gasteiger partial charge in [0, 0.05) is 13.0 Å². The predicted octanol–water partition coefficient (Wildman–Crippen LogP) is 4.62. The van der Waals surface area contributed by atoms with Crippen LogP contribution in [0.5, 0.6) is 5.75 Å². The maximum absolute atomic E-state index is 13.0. The maximum atomic E-state index is 13.0. The maximum Gasteiger partial charge on any atom is 0.242 e. The van der Waals surface area contributed by atoms with Gasteiger partial charge in [-0.3, -0.25) is 14.5 Å². The quantitative estimate of drug-likeness (QED) is 0.703. The smallest absolute Gasteiger partial charge is 0.242 e. The van der Waals surface area contributed by atoms with E-state index in [1.807, 2.05) is 43.3 Å². The molecule has 1 fully saturated rings. The van der Waals surface area contributed by atoms with Gasteiger partial charge in [0.2, 0.25) is 11.8 Å². The fraction of sp³-hybridized carbons (Fsp3) is 0.348. The van der Waals surface area contributed by atoms with E-state index < -0.39 is 5.25 Å². The van der Waals surface area contributed by atoms with Gasteiger partial charge >= 0.3 is 0 Å². The molecule has 0 radical (unpaired) electrons. The third-order valence-electron chi connectivity index (χ3n) is 4.55. The average Bonchev–Trinajstić information content (AvgIpc) is 2.96. The van der Waals surface area contributed by atoms with Crippen molar-refractivity contribution in [2.24, 2.45) is 10.9 Å². The van der Waals surface area contributed by atoms with Crippen molar-refractivity contribution in [2.75, 3.05) is 19.0 Å². The molecule has 158 valence electrons. The molecule has 0 bridgehead atoms. The molecule has 0 saturated carbocycles. The summed E-state index contributed by atoms with van der Waals surface area (Å²) < 4.78 is 5.28. The summed E-state index contributed by atoms with van der Waals surface area (Å²) >= 11 is 1.35. The lowest BCUT2D eigenvalue weighted by Gasteiger charge is -2.18. The zero-order valence-electron chi connectivity index (χ0n) is 17.7. The number of aliphatic imine (C=N–C) groups is 1. The average molecular weight is 426 g/mol.